The minimum Gasteiger partial charge on any atom is -0.271 e. The van der Waals surface area contributed by atoms with Gasteiger partial charge in [0.2, 0.25) is 10.0 Å². The molecule has 0 saturated heterocycles. The number of rotatable bonds is 4. The maximum Gasteiger partial charge on any atom is 0.237 e. The summed E-state index contributed by atoms with van der Waals surface area (Å²) in [6.07, 6.45) is 1.35. The molecule has 18 heavy (non-hydrogen) atoms. The molecule has 8 heteroatoms. The summed E-state index contributed by atoms with van der Waals surface area (Å²) in [5, 5.41) is 12.6. The van der Waals surface area contributed by atoms with Crippen molar-refractivity contribution in [3.63, 3.8) is 0 Å². The SMILES string of the molecule is N#Cc1ccc(CS(=O)(=O)Nc2cnns2)cc1. The topological polar surface area (TPSA) is 95.7 Å². The van der Waals surface area contributed by atoms with Crippen LogP contribution in [0.4, 0.5) is 5.00 Å². The minimum absolute atomic E-state index is 0.156. The van der Waals surface area contributed by atoms with E-state index in [1.807, 2.05) is 6.07 Å². The molecule has 2 aromatic rings. The molecule has 0 saturated carbocycles. The zero-order chi connectivity index (χ0) is 13.0. The van der Waals surface area contributed by atoms with Gasteiger partial charge >= 0.3 is 0 Å². The summed E-state index contributed by atoms with van der Waals surface area (Å²) in [4.78, 5) is 0. The van der Waals surface area contributed by atoms with Crippen LogP contribution in [0.2, 0.25) is 0 Å². The molecule has 1 heterocycles. The molecule has 0 bridgehead atoms. The van der Waals surface area contributed by atoms with E-state index in [0.717, 1.165) is 11.5 Å². The van der Waals surface area contributed by atoms with Crippen LogP contribution in [0, 0.1) is 11.3 Å². The summed E-state index contributed by atoms with van der Waals surface area (Å²) in [5.74, 6) is -0.156. The molecule has 0 spiro atoms. The molecular formula is C10H8N4O2S2. The van der Waals surface area contributed by atoms with E-state index >= 15 is 0 Å². The Kier molecular flexibility index (Phi) is 3.55. The third-order valence-corrected chi connectivity index (χ3v) is 4.01. The van der Waals surface area contributed by atoms with Gasteiger partial charge in [0, 0.05) is 11.5 Å². The summed E-state index contributed by atoms with van der Waals surface area (Å²) in [6.45, 7) is 0. The van der Waals surface area contributed by atoms with Crippen molar-refractivity contribution < 1.29 is 8.42 Å². The first-order valence-electron chi connectivity index (χ1n) is 4.86. The average molecular weight is 280 g/mol. The van der Waals surface area contributed by atoms with E-state index in [2.05, 4.69) is 14.3 Å². The number of aromatic nitrogens is 2. The number of sulfonamides is 1. The highest BCUT2D eigenvalue weighted by atomic mass is 32.2. The van der Waals surface area contributed by atoms with Gasteiger partial charge in [0.05, 0.1) is 23.6 Å². The maximum absolute atomic E-state index is 11.8. The van der Waals surface area contributed by atoms with Crippen molar-refractivity contribution in [2.24, 2.45) is 0 Å². The third-order valence-electron chi connectivity index (χ3n) is 2.06. The lowest BCUT2D eigenvalue weighted by molar-refractivity contribution is 0.600. The molecule has 0 fully saturated rings. The van der Waals surface area contributed by atoms with Crippen molar-refractivity contribution in [1.29, 1.82) is 5.26 Å². The summed E-state index contributed by atoms with van der Waals surface area (Å²) >= 11 is 0.972. The Morgan fingerprint density at radius 1 is 1.33 bits per heavy atom. The molecule has 0 aliphatic carbocycles. The number of benzene rings is 1. The van der Waals surface area contributed by atoms with E-state index in [4.69, 9.17) is 5.26 Å². The Bertz CT molecular complexity index is 657. The second kappa shape index (κ2) is 5.12. The molecule has 0 radical (unpaired) electrons. The zero-order valence-electron chi connectivity index (χ0n) is 9.07. The first-order chi connectivity index (χ1) is 8.59. The van der Waals surface area contributed by atoms with Crippen molar-refractivity contribution in [2.75, 3.05) is 4.72 Å². The maximum atomic E-state index is 11.8. The first kappa shape index (κ1) is 12.5. The molecule has 1 aromatic carbocycles. The third kappa shape index (κ3) is 3.26. The van der Waals surface area contributed by atoms with Crippen LogP contribution >= 0.6 is 11.5 Å². The lowest BCUT2D eigenvalue weighted by Gasteiger charge is -2.05. The molecule has 0 aliphatic rings. The van der Waals surface area contributed by atoms with Crippen LogP contribution in [0.5, 0.6) is 0 Å². The fraction of sp³-hybridized carbons (Fsp3) is 0.100. The molecule has 92 valence electrons. The van der Waals surface area contributed by atoms with Crippen LogP contribution in [-0.4, -0.2) is 18.0 Å². The highest BCUT2D eigenvalue weighted by molar-refractivity contribution is 7.92. The van der Waals surface area contributed by atoms with Crippen molar-refractivity contribution in [2.45, 2.75) is 5.75 Å². The van der Waals surface area contributed by atoms with Crippen molar-refractivity contribution in [3.8, 4) is 6.07 Å². The van der Waals surface area contributed by atoms with Crippen LogP contribution in [0.25, 0.3) is 0 Å². The predicted octanol–water partition coefficient (Wildman–Crippen LogP) is 1.35. The van der Waals surface area contributed by atoms with E-state index in [-0.39, 0.29) is 5.75 Å². The Hall–Kier alpha value is -1.98. The first-order valence-corrected chi connectivity index (χ1v) is 7.28. The van der Waals surface area contributed by atoms with Gasteiger partial charge < -0.3 is 0 Å². The molecule has 1 aromatic heterocycles. The van der Waals surface area contributed by atoms with Gasteiger partial charge in [-0.2, -0.15) is 5.26 Å². The van der Waals surface area contributed by atoms with Gasteiger partial charge in [0.25, 0.3) is 0 Å². The fourth-order valence-electron chi connectivity index (χ4n) is 1.30. The summed E-state index contributed by atoms with van der Waals surface area (Å²) in [6, 6.07) is 8.37. The Morgan fingerprint density at radius 2 is 2.06 bits per heavy atom. The number of hydrogen-bond donors (Lipinski definition) is 1. The van der Waals surface area contributed by atoms with Crippen LogP contribution in [0.1, 0.15) is 11.1 Å². The molecule has 0 aliphatic heterocycles. The van der Waals surface area contributed by atoms with Gasteiger partial charge in [-0.05, 0) is 17.7 Å². The van der Waals surface area contributed by atoms with Crippen LogP contribution in [-0.2, 0) is 15.8 Å². The van der Waals surface area contributed by atoms with Gasteiger partial charge in [-0.25, -0.2) is 8.42 Å². The Morgan fingerprint density at radius 3 is 2.61 bits per heavy atom. The van der Waals surface area contributed by atoms with E-state index in [9.17, 15) is 8.42 Å². The number of nitriles is 1. The van der Waals surface area contributed by atoms with Crippen LogP contribution < -0.4 is 4.72 Å². The Labute approximate surface area is 108 Å². The molecule has 1 N–H and O–H groups in total. The number of anilines is 1. The largest absolute Gasteiger partial charge is 0.271 e. The van der Waals surface area contributed by atoms with E-state index in [1.165, 1.54) is 6.20 Å². The monoisotopic (exact) mass is 280 g/mol. The fourth-order valence-corrected chi connectivity index (χ4v) is 3.17. The quantitative estimate of drug-likeness (QED) is 0.912. The second-order valence-corrected chi connectivity index (χ2v) is 5.96. The van der Waals surface area contributed by atoms with Crippen LogP contribution in [0.15, 0.2) is 30.5 Å². The normalized spacial score (nSPS) is 10.8. The highest BCUT2D eigenvalue weighted by Crippen LogP contribution is 2.14. The van der Waals surface area contributed by atoms with Gasteiger partial charge in [0.15, 0.2) is 0 Å². The van der Waals surface area contributed by atoms with Crippen LogP contribution in [0.3, 0.4) is 0 Å². The van der Waals surface area contributed by atoms with Crippen molar-refractivity contribution in [1.82, 2.24) is 9.59 Å². The Balaban J connectivity index is 2.10. The second-order valence-electron chi connectivity index (χ2n) is 3.45. The molecule has 0 unspecified atom stereocenters. The molecule has 0 amide bonds. The number of nitrogens with zero attached hydrogens (tertiary/aromatic N) is 3. The predicted molar refractivity (Wildman–Crippen MR) is 67.3 cm³/mol. The number of hydrogen-bond acceptors (Lipinski definition) is 6. The van der Waals surface area contributed by atoms with Crippen molar-refractivity contribution >= 4 is 26.6 Å². The van der Waals surface area contributed by atoms with E-state index in [1.54, 1.807) is 24.3 Å². The number of nitrogens with one attached hydrogen (secondary N) is 1. The molecular weight excluding hydrogens is 272 g/mol. The van der Waals surface area contributed by atoms with Crippen molar-refractivity contribution in [3.05, 3.63) is 41.6 Å². The van der Waals surface area contributed by atoms with E-state index in [0.29, 0.717) is 16.1 Å². The van der Waals surface area contributed by atoms with Gasteiger partial charge in [0.1, 0.15) is 5.00 Å². The molecule has 2 rings (SSSR count). The summed E-state index contributed by atoms with van der Waals surface area (Å²) < 4.78 is 29.5. The van der Waals surface area contributed by atoms with Gasteiger partial charge in [-0.1, -0.05) is 16.6 Å². The van der Waals surface area contributed by atoms with E-state index < -0.39 is 10.0 Å². The zero-order valence-corrected chi connectivity index (χ0v) is 10.7. The summed E-state index contributed by atoms with van der Waals surface area (Å²) in [5.41, 5.74) is 1.11. The van der Waals surface area contributed by atoms with Gasteiger partial charge in [-0.3, -0.25) is 4.72 Å². The lowest BCUT2D eigenvalue weighted by Crippen LogP contribution is -2.14. The lowest BCUT2D eigenvalue weighted by atomic mass is 10.2. The minimum atomic E-state index is -3.48. The summed E-state index contributed by atoms with van der Waals surface area (Å²) in [7, 11) is -3.48. The molecule has 6 nitrogen and oxygen atoms in total. The average Bonchev–Trinajstić information content (AvgIpc) is 2.81. The molecule has 0 atom stereocenters. The highest BCUT2D eigenvalue weighted by Gasteiger charge is 2.12. The van der Waals surface area contributed by atoms with Gasteiger partial charge in [-0.15, -0.1) is 5.10 Å². The standard InChI is InChI=1S/C10H8N4O2S2/c11-5-8-1-3-9(4-2-8)7-18(15,16)13-10-6-12-14-17-10/h1-4,6,13H,7H2. The smallest absolute Gasteiger partial charge is 0.237 e.